The summed E-state index contributed by atoms with van der Waals surface area (Å²) in [5.74, 6) is 2.99. The van der Waals surface area contributed by atoms with E-state index in [1.807, 2.05) is 23.9 Å². The van der Waals surface area contributed by atoms with Gasteiger partial charge in [-0.1, -0.05) is 24.9 Å². The van der Waals surface area contributed by atoms with Gasteiger partial charge in [0.25, 0.3) is 0 Å². The van der Waals surface area contributed by atoms with Crippen LogP contribution in [0.3, 0.4) is 0 Å². The fourth-order valence-corrected chi connectivity index (χ4v) is 2.74. The van der Waals surface area contributed by atoms with Crippen LogP contribution in [-0.2, 0) is 5.75 Å². The molecule has 0 fully saturated rings. The minimum Gasteiger partial charge on any atom is -0.496 e. The Morgan fingerprint density at radius 1 is 1.42 bits per heavy atom. The standard InChI is InChI=1S/C14H22N2O2S/c1-3-4-5-8-19-10-12-9-11(14(15)16-17)6-7-13(12)18-2/h6-7,9,17H,3-5,8,10H2,1-2H3,(H2,15,16). The molecule has 0 spiro atoms. The van der Waals surface area contributed by atoms with Crippen LogP contribution in [0.15, 0.2) is 23.4 Å². The number of ether oxygens (including phenoxy) is 1. The average Bonchev–Trinajstić information content (AvgIpc) is 2.46. The number of hydrogen-bond donors (Lipinski definition) is 2. The smallest absolute Gasteiger partial charge is 0.170 e. The van der Waals surface area contributed by atoms with Crippen molar-refractivity contribution >= 4 is 17.6 Å². The lowest BCUT2D eigenvalue weighted by atomic mass is 10.1. The number of amidine groups is 1. The summed E-state index contributed by atoms with van der Waals surface area (Å²) in [6, 6.07) is 5.56. The van der Waals surface area contributed by atoms with Gasteiger partial charge >= 0.3 is 0 Å². The topological polar surface area (TPSA) is 67.8 Å². The number of unbranched alkanes of at least 4 members (excludes halogenated alkanes) is 2. The molecular weight excluding hydrogens is 260 g/mol. The van der Waals surface area contributed by atoms with Crippen molar-refractivity contribution in [2.75, 3.05) is 12.9 Å². The highest BCUT2D eigenvalue weighted by atomic mass is 32.2. The minimum atomic E-state index is 0.125. The Balaban J connectivity index is 2.68. The molecule has 0 radical (unpaired) electrons. The van der Waals surface area contributed by atoms with Gasteiger partial charge in [0.2, 0.25) is 0 Å². The molecule has 0 saturated carbocycles. The molecule has 3 N–H and O–H groups in total. The van der Waals surface area contributed by atoms with Crippen LogP contribution >= 0.6 is 11.8 Å². The van der Waals surface area contributed by atoms with Gasteiger partial charge in [-0.15, -0.1) is 0 Å². The number of rotatable bonds is 8. The highest BCUT2D eigenvalue weighted by Gasteiger charge is 2.07. The predicted molar refractivity (Wildman–Crippen MR) is 81.2 cm³/mol. The second-order valence-corrected chi connectivity index (χ2v) is 5.38. The first-order valence-corrected chi connectivity index (χ1v) is 7.61. The fraction of sp³-hybridized carbons (Fsp3) is 0.500. The Hall–Kier alpha value is -1.36. The van der Waals surface area contributed by atoms with Crippen molar-refractivity contribution in [1.29, 1.82) is 0 Å². The van der Waals surface area contributed by atoms with Crippen LogP contribution < -0.4 is 10.5 Å². The maximum absolute atomic E-state index is 8.71. The van der Waals surface area contributed by atoms with Crippen molar-refractivity contribution in [3.8, 4) is 5.75 Å². The van der Waals surface area contributed by atoms with E-state index in [-0.39, 0.29) is 5.84 Å². The Morgan fingerprint density at radius 2 is 2.21 bits per heavy atom. The van der Waals surface area contributed by atoms with Crippen molar-refractivity contribution in [3.63, 3.8) is 0 Å². The number of nitrogens with zero attached hydrogens (tertiary/aromatic N) is 1. The second-order valence-electron chi connectivity index (χ2n) is 4.27. The monoisotopic (exact) mass is 282 g/mol. The summed E-state index contributed by atoms with van der Waals surface area (Å²) in [6.07, 6.45) is 3.75. The molecule has 1 aromatic carbocycles. The molecule has 0 aromatic heterocycles. The van der Waals surface area contributed by atoms with Crippen molar-refractivity contribution in [2.24, 2.45) is 10.9 Å². The average molecular weight is 282 g/mol. The first-order chi connectivity index (χ1) is 9.22. The third-order valence-electron chi connectivity index (χ3n) is 2.83. The van der Waals surface area contributed by atoms with E-state index in [4.69, 9.17) is 15.7 Å². The summed E-state index contributed by atoms with van der Waals surface area (Å²) in [5, 5.41) is 11.7. The molecule has 0 aliphatic heterocycles. The maximum atomic E-state index is 8.71. The zero-order valence-corrected chi connectivity index (χ0v) is 12.4. The van der Waals surface area contributed by atoms with Gasteiger partial charge in [0.05, 0.1) is 7.11 Å². The quantitative estimate of drug-likeness (QED) is 0.252. The SMILES string of the molecule is CCCCCSCc1cc(/C(N)=N/O)ccc1OC. The largest absolute Gasteiger partial charge is 0.496 e. The maximum Gasteiger partial charge on any atom is 0.170 e. The molecular formula is C14H22N2O2S. The normalized spacial score (nSPS) is 11.6. The van der Waals surface area contributed by atoms with Crippen LogP contribution in [-0.4, -0.2) is 23.9 Å². The van der Waals surface area contributed by atoms with E-state index in [1.54, 1.807) is 13.2 Å². The predicted octanol–water partition coefficient (Wildman–Crippen LogP) is 3.21. The molecule has 19 heavy (non-hydrogen) atoms. The lowest BCUT2D eigenvalue weighted by Crippen LogP contribution is -2.13. The lowest BCUT2D eigenvalue weighted by molar-refractivity contribution is 0.318. The molecule has 106 valence electrons. The van der Waals surface area contributed by atoms with E-state index < -0.39 is 0 Å². The molecule has 0 bridgehead atoms. The van der Waals surface area contributed by atoms with Crippen LogP contribution in [0.5, 0.6) is 5.75 Å². The summed E-state index contributed by atoms with van der Waals surface area (Å²) < 4.78 is 5.34. The summed E-state index contributed by atoms with van der Waals surface area (Å²) >= 11 is 1.88. The van der Waals surface area contributed by atoms with E-state index in [1.165, 1.54) is 19.3 Å². The molecule has 0 heterocycles. The molecule has 4 nitrogen and oxygen atoms in total. The molecule has 1 rings (SSSR count). The van der Waals surface area contributed by atoms with Gasteiger partial charge in [0.15, 0.2) is 5.84 Å². The summed E-state index contributed by atoms with van der Waals surface area (Å²) in [7, 11) is 1.66. The zero-order chi connectivity index (χ0) is 14.1. The fourth-order valence-electron chi connectivity index (χ4n) is 1.74. The van der Waals surface area contributed by atoms with Gasteiger partial charge in [-0.3, -0.25) is 0 Å². The minimum absolute atomic E-state index is 0.125. The Kier molecular flexibility index (Phi) is 7.18. The Morgan fingerprint density at radius 3 is 2.84 bits per heavy atom. The molecule has 0 amide bonds. The van der Waals surface area contributed by atoms with Crippen molar-refractivity contribution in [3.05, 3.63) is 29.3 Å². The van der Waals surface area contributed by atoms with Gasteiger partial charge < -0.3 is 15.7 Å². The van der Waals surface area contributed by atoms with E-state index in [9.17, 15) is 0 Å². The van der Waals surface area contributed by atoms with Crippen LogP contribution in [0.2, 0.25) is 0 Å². The Bertz CT molecular complexity index is 422. The first kappa shape index (κ1) is 15.7. The highest BCUT2D eigenvalue weighted by Crippen LogP contribution is 2.25. The Labute approximate surface area is 119 Å². The van der Waals surface area contributed by atoms with Crippen molar-refractivity contribution < 1.29 is 9.94 Å². The van der Waals surface area contributed by atoms with Crippen LogP contribution in [0.4, 0.5) is 0 Å². The molecule has 0 unspecified atom stereocenters. The van der Waals surface area contributed by atoms with E-state index in [0.717, 1.165) is 22.8 Å². The third kappa shape index (κ3) is 5.03. The van der Waals surface area contributed by atoms with Crippen LogP contribution in [0.25, 0.3) is 0 Å². The van der Waals surface area contributed by atoms with Crippen molar-refractivity contribution in [2.45, 2.75) is 31.9 Å². The summed E-state index contributed by atoms with van der Waals surface area (Å²) in [5.41, 5.74) is 7.39. The van der Waals surface area contributed by atoms with E-state index >= 15 is 0 Å². The number of oxime groups is 1. The van der Waals surface area contributed by atoms with E-state index in [0.29, 0.717) is 5.56 Å². The molecule has 0 aliphatic carbocycles. The number of methoxy groups -OCH3 is 1. The van der Waals surface area contributed by atoms with Crippen LogP contribution in [0, 0.1) is 0 Å². The summed E-state index contributed by atoms with van der Waals surface area (Å²) in [6.45, 7) is 2.20. The first-order valence-electron chi connectivity index (χ1n) is 6.45. The number of benzene rings is 1. The van der Waals surface area contributed by atoms with Gasteiger partial charge in [-0.2, -0.15) is 11.8 Å². The second kappa shape index (κ2) is 8.69. The van der Waals surface area contributed by atoms with Gasteiger partial charge in [-0.25, -0.2) is 0 Å². The zero-order valence-electron chi connectivity index (χ0n) is 11.6. The molecule has 0 aliphatic rings. The molecule has 1 aromatic rings. The third-order valence-corrected chi connectivity index (χ3v) is 3.93. The van der Waals surface area contributed by atoms with Gasteiger partial charge in [0, 0.05) is 16.9 Å². The summed E-state index contributed by atoms with van der Waals surface area (Å²) in [4.78, 5) is 0. The number of hydrogen-bond acceptors (Lipinski definition) is 4. The molecule has 0 atom stereocenters. The number of thioether (sulfide) groups is 1. The molecule has 0 saturated heterocycles. The number of nitrogens with two attached hydrogens (primary N) is 1. The molecule has 5 heteroatoms. The van der Waals surface area contributed by atoms with E-state index in [2.05, 4.69) is 12.1 Å². The van der Waals surface area contributed by atoms with Crippen LogP contribution in [0.1, 0.15) is 37.3 Å². The van der Waals surface area contributed by atoms with Gasteiger partial charge in [-0.05, 0) is 30.4 Å². The van der Waals surface area contributed by atoms with Gasteiger partial charge in [0.1, 0.15) is 5.75 Å². The van der Waals surface area contributed by atoms with Crippen molar-refractivity contribution in [1.82, 2.24) is 0 Å². The highest BCUT2D eigenvalue weighted by molar-refractivity contribution is 7.98. The lowest BCUT2D eigenvalue weighted by Gasteiger charge is -2.10.